The minimum Gasteiger partial charge on any atom is -0.323 e. The van der Waals surface area contributed by atoms with Crippen molar-refractivity contribution >= 4 is 63.2 Å². The summed E-state index contributed by atoms with van der Waals surface area (Å²) >= 11 is 15.1. The zero-order valence-corrected chi connectivity index (χ0v) is 17.2. The highest BCUT2D eigenvalue weighted by atomic mass is 35.5. The number of hydrogen-bond donors (Lipinski definition) is 0. The fourth-order valence-electron chi connectivity index (χ4n) is 2.55. The van der Waals surface area contributed by atoms with Crippen molar-refractivity contribution in [1.29, 1.82) is 0 Å². The number of rotatable bonds is 6. The Morgan fingerprint density at radius 3 is 2.85 bits per heavy atom. The number of anilines is 1. The molecule has 0 radical (unpaired) electrons. The van der Waals surface area contributed by atoms with Crippen molar-refractivity contribution in [1.82, 2.24) is 9.88 Å². The lowest BCUT2D eigenvalue weighted by atomic mass is 10.2. The monoisotopic (exact) mass is 429 g/mol. The summed E-state index contributed by atoms with van der Waals surface area (Å²) in [5.41, 5.74) is 1.47. The maximum atomic E-state index is 12.7. The Kier molecular flexibility index (Phi) is 6.45. The lowest BCUT2D eigenvalue weighted by molar-refractivity contribution is -0.131. The number of thioether (sulfide) groups is 1. The van der Waals surface area contributed by atoms with Crippen LogP contribution >= 0.6 is 46.3 Å². The Hall–Kier alpha value is -1.28. The van der Waals surface area contributed by atoms with Gasteiger partial charge in [-0.15, -0.1) is 23.1 Å². The van der Waals surface area contributed by atoms with E-state index in [-0.39, 0.29) is 18.4 Å². The van der Waals surface area contributed by atoms with Gasteiger partial charge in [-0.05, 0) is 24.6 Å². The molecule has 0 aliphatic carbocycles. The predicted octanol–water partition coefficient (Wildman–Crippen LogP) is 4.39. The van der Waals surface area contributed by atoms with Gasteiger partial charge < -0.3 is 4.90 Å². The number of hydrogen-bond acceptors (Lipinski definition) is 5. The molecule has 2 heterocycles. The Bertz CT molecular complexity index is 828. The lowest BCUT2D eigenvalue weighted by Crippen LogP contribution is -2.41. The number of carbonyl (C=O) groups excluding carboxylic acids is 2. The van der Waals surface area contributed by atoms with Crippen molar-refractivity contribution in [2.45, 2.75) is 13.3 Å². The molecular weight excluding hydrogens is 413 g/mol. The van der Waals surface area contributed by atoms with Crippen molar-refractivity contribution < 1.29 is 9.59 Å². The Morgan fingerprint density at radius 2 is 2.19 bits per heavy atom. The van der Waals surface area contributed by atoms with E-state index in [0.717, 1.165) is 12.0 Å². The van der Waals surface area contributed by atoms with Gasteiger partial charge in [0.2, 0.25) is 11.8 Å². The van der Waals surface area contributed by atoms with E-state index in [2.05, 4.69) is 4.98 Å². The molecule has 26 heavy (non-hydrogen) atoms. The van der Waals surface area contributed by atoms with Gasteiger partial charge in [-0.1, -0.05) is 30.1 Å². The fraction of sp³-hybridized carbons (Fsp3) is 0.353. The van der Waals surface area contributed by atoms with Crippen LogP contribution in [0.3, 0.4) is 0 Å². The first-order valence-corrected chi connectivity index (χ1v) is 10.9. The number of halogens is 2. The van der Waals surface area contributed by atoms with Crippen molar-refractivity contribution in [3.63, 3.8) is 0 Å². The van der Waals surface area contributed by atoms with E-state index in [9.17, 15) is 9.59 Å². The molecular formula is C17H17Cl2N3O2S2. The van der Waals surface area contributed by atoms with Crippen molar-refractivity contribution in [2.24, 2.45) is 0 Å². The number of carbonyl (C=O) groups is 2. The first kappa shape index (κ1) is 19.5. The second-order valence-corrected chi connectivity index (χ2v) is 8.39. The molecule has 0 unspecified atom stereocenters. The first-order valence-electron chi connectivity index (χ1n) is 8.06. The van der Waals surface area contributed by atoms with E-state index in [1.165, 1.54) is 23.1 Å². The first-order chi connectivity index (χ1) is 12.5. The van der Waals surface area contributed by atoms with Gasteiger partial charge in [0.05, 0.1) is 22.3 Å². The maximum Gasteiger partial charge on any atom is 0.248 e. The number of amides is 2. The molecule has 0 bridgehead atoms. The van der Waals surface area contributed by atoms with Gasteiger partial charge in [0.15, 0.2) is 5.13 Å². The Balaban J connectivity index is 1.81. The Morgan fingerprint density at radius 1 is 1.38 bits per heavy atom. The minimum atomic E-state index is -0.120. The molecule has 2 aromatic rings. The molecule has 2 amide bonds. The van der Waals surface area contributed by atoms with Gasteiger partial charge in [0, 0.05) is 22.5 Å². The molecule has 0 N–H and O–H groups in total. The van der Waals surface area contributed by atoms with E-state index >= 15 is 0 Å². The summed E-state index contributed by atoms with van der Waals surface area (Å²) in [6, 6.07) is 5.24. The molecule has 1 aromatic heterocycles. The van der Waals surface area contributed by atoms with E-state index in [1.807, 2.05) is 18.4 Å². The second kappa shape index (κ2) is 8.61. The van der Waals surface area contributed by atoms with Crippen LogP contribution < -0.4 is 4.90 Å². The van der Waals surface area contributed by atoms with Crippen LogP contribution in [0.5, 0.6) is 0 Å². The molecule has 1 aromatic carbocycles. The van der Waals surface area contributed by atoms with Crippen LogP contribution in [0.4, 0.5) is 5.13 Å². The van der Waals surface area contributed by atoms with Gasteiger partial charge in [-0.25, -0.2) is 4.98 Å². The molecule has 1 aliphatic rings. The van der Waals surface area contributed by atoms with Crippen LogP contribution in [0.15, 0.2) is 23.6 Å². The standard InChI is InChI=1S/C17H17Cl2N3O2S2/c1-2-5-22(15(23)7-21-10-25-9-16(21)24)17-20-14(8-26-17)12-4-3-11(18)6-13(12)19/h3-4,6,8H,2,5,7,9-10H2,1H3. The highest BCUT2D eigenvalue weighted by molar-refractivity contribution is 8.00. The highest BCUT2D eigenvalue weighted by Crippen LogP contribution is 2.33. The van der Waals surface area contributed by atoms with Crippen molar-refractivity contribution in [3.05, 3.63) is 33.6 Å². The minimum absolute atomic E-state index is 0.00701. The molecule has 1 fully saturated rings. The summed E-state index contributed by atoms with van der Waals surface area (Å²) in [4.78, 5) is 32.3. The quantitative estimate of drug-likeness (QED) is 0.682. The third kappa shape index (κ3) is 4.34. The van der Waals surface area contributed by atoms with Crippen LogP contribution in [0.2, 0.25) is 10.0 Å². The summed E-state index contributed by atoms with van der Waals surface area (Å²) in [6.07, 6.45) is 0.797. The number of thiazole rings is 1. The van der Waals surface area contributed by atoms with Crippen LogP contribution in [-0.4, -0.2) is 46.4 Å². The molecule has 5 nitrogen and oxygen atoms in total. The number of aromatic nitrogens is 1. The van der Waals surface area contributed by atoms with E-state index in [1.54, 1.807) is 21.9 Å². The number of nitrogens with zero attached hydrogens (tertiary/aromatic N) is 3. The van der Waals surface area contributed by atoms with Gasteiger partial charge in [0.1, 0.15) is 6.54 Å². The van der Waals surface area contributed by atoms with E-state index < -0.39 is 0 Å². The van der Waals surface area contributed by atoms with Crippen LogP contribution in [0, 0.1) is 0 Å². The molecule has 138 valence electrons. The van der Waals surface area contributed by atoms with Gasteiger partial charge in [-0.2, -0.15) is 0 Å². The van der Waals surface area contributed by atoms with Crippen LogP contribution in [0.1, 0.15) is 13.3 Å². The highest BCUT2D eigenvalue weighted by Gasteiger charge is 2.27. The van der Waals surface area contributed by atoms with Crippen molar-refractivity contribution in [2.75, 3.05) is 29.6 Å². The maximum absolute atomic E-state index is 12.7. The average Bonchev–Trinajstić information content (AvgIpc) is 3.22. The van der Waals surface area contributed by atoms with Gasteiger partial charge in [-0.3, -0.25) is 14.5 Å². The summed E-state index contributed by atoms with van der Waals surface area (Å²) in [5, 5.41) is 3.56. The van der Waals surface area contributed by atoms with Crippen LogP contribution in [-0.2, 0) is 9.59 Å². The smallest absolute Gasteiger partial charge is 0.248 e. The largest absolute Gasteiger partial charge is 0.323 e. The van der Waals surface area contributed by atoms with Crippen molar-refractivity contribution in [3.8, 4) is 11.3 Å². The topological polar surface area (TPSA) is 53.5 Å². The molecule has 0 spiro atoms. The molecule has 1 saturated heterocycles. The number of benzene rings is 1. The average molecular weight is 430 g/mol. The lowest BCUT2D eigenvalue weighted by Gasteiger charge is -2.22. The fourth-order valence-corrected chi connectivity index (χ4v) is 4.83. The molecule has 0 atom stereocenters. The summed E-state index contributed by atoms with van der Waals surface area (Å²) in [5.74, 6) is 0.893. The second-order valence-electron chi connectivity index (χ2n) is 5.75. The molecule has 3 rings (SSSR count). The molecule has 9 heteroatoms. The molecule has 0 saturated carbocycles. The summed E-state index contributed by atoms with van der Waals surface area (Å²) in [6.45, 7) is 2.64. The van der Waals surface area contributed by atoms with E-state index in [4.69, 9.17) is 23.2 Å². The predicted molar refractivity (Wildman–Crippen MR) is 109 cm³/mol. The Labute approximate surface area is 170 Å². The zero-order chi connectivity index (χ0) is 18.7. The van der Waals surface area contributed by atoms with Crippen LogP contribution in [0.25, 0.3) is 11.3 Å². The normalized spacial score (nSPS) is 14.1. The molecule has 1 aliphatic heterocycles. The van der Waals surface area contributed by atoms with E-state index in [0.29, 0.717) is 39.0 Å². The SMILES string of the molecule is CCCN(C(=O)CN1CSCC1=O)c1nc(-c2ccc(Cl)cc2Cl)cs1. The van der Waals surface area contributed by atoms with Gasteiger partial charge >= 0.3 is 0 Å². The third-order valence-electron chi connectivity index (χ3n) is 3.83. The summed E-state index contributed by atoms with van der Waals surface area (Å²) < 4.78 is 0. The third-order valence-corrected chi connectivity index (χ3v) is 6.19. The zero-order valence-electron chi connectivity index (χ0n) is 14.1. The summed E-state index contributed by atoms with van der Waals surface area (Å²) in [7, 11) is 0. The van der Waals surface area contributed by atoms with Gasteiger partial charge in [0.25, 0.3) is 0 Å².